The highest BCUT2D eigenvalue weighted by molar-refractivity contribution is 6.28. The fourth-order valence-corrected chi connectivity index (χ4v) is 2.80. The molecule has 1 amide bonds. The van der Waals surface area contributed by atoms with Gasteiger partial charge in [-0.05, 0) is 29.8 Å². The maximum absolute atomic E-state index is 12.2. The van der Waals surface area contributed by atoms with E-state index in [1.54, 1.807) is 0 Å². The van der Waals surface area contributed by atoms with E-state index in [2.05, 4.69) is 35.6 Å². The van der Waals surface area contributed by atoms with Gasteiger partial charge in [0, 0.05) is 30.1 Å². The Morgan fingerprint density at radius 2 is 2.12 bits per heavy atom. The van der Waals surface area contributed by atoms with Crippen molar-refractivity contribution >= 4 is 51.1 Å². The van der Waals surface area contributed by atoms with E-state index in [-0.39, 0.29) is 17.6 Å². The van der Waals surface area contributed by atoms with Crippen LogP contribution in [0.2, 0.25) is 5.28 Å². The summed E-state index contributed by atoms with van der Waals surface area (Å²) in [5.74, 6) is 0.426. The van der Waals surface area contributed by atoms with Gasteiger partial charge in [-0.2, -0.15) is 9.97 Å². The van der Waals surface area contributed by atoms with Gasteiger partial charge in [0.15, 0.2) is 11.5 Å². The maximum atomic E-state index is 12.2. The average Bonchev–Trinajstić information content (AvgIpc) is 3.23. The standard InChI is InChI=1S/C16H14ClN7O/c17-16-23-14(13-15(24-16)21-8-20-13)19-7-5-12(25)22-11-3-1-2-10-9(11)4-6-18-10/h1-4,6,8,18H,5,7H2,(H,22,25)(H2,19,20,21,23,24). The summed E-state index contributed by atoms with van der Waals surface area (Å²) >= 11 is 5.88. The molecule has 0 unspecified atom stereocenters. The first-order valence-electron chi connectivity index (χ1n) is 7.67. The number of anilines is 2. The largest absolute Gasteiger partial charge is 0.368 e. The number of amides is 1. The zero-order chi connectivity index (χ0) is 17.2. The Hall–Kier alpha value is -3.13. The van der Waals surface area contributed by atoms with Gasteiger partial charge in [0.05, 0.1) is 12.0 Å². The van der Waals surface area contributed by atoms with Crippen LogP contribution in [0.15, 0.2) is 36.8 Å². The van der Waals surface area contributed by atoms with Crippen molar-refractivity contribution in [3.63, 3.8) is 0 Å². The highest BCUT2D eigenvalue weighted by Crippen LogP contribution is 2.22. The number of halogens is 1. The number of nitrogens with one attached hydrogen (secondary N) is 4. The summed E-state index contributed by atoms with van der Waals surface area (Å²) in [4.78, 5) is 30.5. The summed E-state index contributed by atoms with van der Waals surface area (Å²) in [6.45, 7) is 0.399. The van der Waals surface area contributed by atoms with Crippen LogP contribution in [-0.2, 0) is 4.79 Å². The highest BCUT2D eigenvalue weighted by atomic mass is 35.5. The molecule has 0 aliphatic rings. The highest BCUT2D eigenvalue weighted by Gasteiger charge is 2.10. The van der Waals surface area contributed by atoms with Crippen molar-refractivity contribution in [2.75, 3.05) is 17.2 Å². The van der Waals surface area contributed by atoms with E-state index in [0.29, 0.717) is 23.5 Å². The molecule has 4 aromatic rings. The minimum atomic E-state index is -0.0952. The third kappa shape index (κ3) is 3.11. The molecule has 3 heterocycles. The van der Waals surface area contributed by atoms with Crippen molar-refractivity contribution in [1.29, 1.82) is 0 Å². The van der Waals surface area contributed by atoms with Gasteiger partial charge < -0.3 is 20.6 Å². The van der Waals surface area contributed by atoms with Gasteiger partial charge in [-0.1, -0.05) is 6.07 Å². The molecular formula is C16H14ClN7O. The molecule has 0 radical (unpaired) electrons. The Bertz CT molecular complexity index is 1050. The van der Waals surface area contributed by atoms with Gasteiger partial charge in [0.25, 0.3) is 0 Å². The second-order valence-electron chi connectivity index (χ2n) is 5.41. The fourth-order valence-electron chi connectivity index (χ4n) is 2.64. The van der Waals surface area contributed by atoms with Crippen LogP contribution in [-0.4, -0.2) is 37.4 Å². The molecule has 0 saturated carbocycles. The molecular weight excluding hydrogens is 342 g/mol. The molecule has 25 heavy (non-hydrogen) atoms. The zero-order valence-electron chi connectivity index (χ0n) is 13.0. The Morgan fingerprint density at radius 1 is 1.20 bits per heavy atom. The molecule has 0 atom stereocenters. The monoisotopic (exact) mass is 355 g/mol. The van der Waals surface area contributed by atoms with E-state index < -0.39 is 0 Å². The first-order chi connectivity index (χ1) is 12.2. The average molecular weight is 356 g/mol. The van der Waals surface area contributed by atoms with Crippen molar-refractivity contribution in [3.05, 3.63) is 42.1 Å². The lowest BCUT2D eigenvalue weighted by atomic mass is 10.2. The number of carbonyl (C=O) groups is 1. The van der Waals surface area contributed by atoms with Crippen LogP contribution in [0, 0.1) is 0 Å². The van der Waals surface area contributed by atoms with Gasteiger partial charge in [-0.25, -0.2) is 4.98 Å². The number of rotatable bonds is 5. The number of hydrogen-bond acceptors (Lipinski definition) is 5. The molecule has 9 heteroatoms. The van der Waals surface area contributed by atoms with Crippen LogP contribution in [0.25, 0.3) is 22.1 Å². The molecule has 0 aliphatic heterocycles. The quantitative estimate of drug-likeness (QED) is 0.411. The van der Waals surface area contributed by atoms with Crippen LogP contribution < -0.4 is 10.6 Å². The zero-order valence-corrected chi connectivity index (χ0v) is 13.8. The Balaban J connectivity index is 1.40. The number of aromatic nitrogens is 5. The Labute approximate surface area is 147 Å². The van der Waals surface area contributed by atoms with Crippen LogP contribution in [0.4, 0.5) is 11.5 Å². The third-order valence-corrected chi connectivity index (χ3v) is 3.94. The first kappa shape index (κ1) is 15.4. The molecule has 8 nitrogen and oxygen atoms in total. The molecule has 0 saturated heterocycles. The summed E-state index contributed by atoms with van der Waals surface area (Å²) in [5.41, 5.74) is 2.89. The molecule has 0 bridgehead atoms. The number of benzene rings is 1. The smallest absolute Gasteiger partial charge is 0.226 e. The van der Waals surface area contributed by atoms with Crippen molar-refractivity contribution in [1.82, 2.24) is 24.9 Å². The number of imidazole rings is 1. The summed E-state index contributed by atoms with van der Waals surface area (Å²) in [7, 11) is 0. The van der Waals surface area contributed by atoms with Crippen LogP contribution in [0.5, 0.6) is 0 Å². The second-order valence-corrected chi connectivity index (χ2v) is 5.75. The lowest BCUT2D eigenvalue weighted by Gasteiger charge is -2.08. The molecule has 4 rings (SSSR count). The van der Waals surface area contributed by atoms with Gasteiger partial charge in [-0.15, -0.1) is 0 Å². The van der Waals surface area contributed by atoms with Gasteiger partial charge in [0.2, 0.25) is 11.2 Å². The fraction of sp³-hybridized carbons (Fsp3) is 0.125. The van der Waals surface area contributed by atoms with Gasteiger partial charge in [-0.3, -0.25) is 4.79 Å². The molecule has 0 aliphatic carbocycles. The normalized spacial score (nSPS) is 11.1. The SMILES string of the molecule is O=C(CCNc1nc(Cl)nc2nc[nH]c12)Nc1cccc2[nH]ccc12. The minimum absolute atomic E-state index is 0.0952. The van der Waals surface area contributed by atoms with Gasteiger partial charge in [0.1, 0.15) is 5.52 Å². The lowest BCUT2D eigenvalue weighted by molar-refractivity contribution is -0.115. The van der Waals surface area contributed by atoms with Crippen molar-refractivity contribution in [2.24, 2.45) is 0 Å². The van der Waals surface area contributed by atoms with E-state index >= 15 is 0 Å². The number of aromatic amines is 2. The number of hydrogen-bond donors (Lipinski definition) is 4. The molecule has 3 aromatic heterocycles. The van der Waals surface area contributed by atoms with E-state index in [0.717, 1.165) is 16.6 Å². The van der Waals surface area contributed by atoms with E-state index in [1.807, 2.05) is 30.5 Å². The Kier molecular flexibility index (Phi) is 3.95. The predicted molar refractivity (Wildman–Crippen MR) is 96.7 cm³/mol. The van der Waals surface area contributed by atoms with Crippen LogP contribution in [0.1, 0.15) is 6.42 Å². The van der Waals surface area contributed by atoms with Crippen molar-refractivity contribution in [3.8, 4) is 0 Å². The first-order valence-corrected chi connectivity index (χ1v) is 8.05. The minimum Gasteiger partial charge on any atom is -0.368 e. The molecule has 0 spiro atoms. The topological polar surface area (TPSA) is 111 Å². The predicted octanol–water partition coefficient (Wildman–Crippen LogP) is 2.93. The van der Waals surface area contributed by atoms with Crippen LogP contribution in [0.3, 0.4) is 0 Å². The van der Waals surface area contributed by atoms with Gasteiger partial charge >= 0.3 is 0 Å². The van der Waals surface area contributed by atoms with E-state index in [9.17, 15) is 4.79 Å². The third-order valence-electron chi connectivity index (χ3n) is 3.77. The summed E-state index contributed by atoms with van der Waals surface area (Å²) in [6.07, 6.45) is 3.64. The summed E-state index contributed by atoms with van der Waals surface area (Å²) < 4.78 is 0. The summed E-state index contributed by atoms with van der Waals surface area (Å²) in [5, 5.41) is 7.09. The second kappa shape index (κ2) is 6.40. The molecule has 1 aromatic carbocycles. The number of carbonyl (C=O) groups excluding carboxylic acids is 1. The van der Waals surface area contributed by atoms with Crippen LogP contribution >= 0.6 is 11.6 Å². The lowest BCUT2D eigenvalue weighted by Crippen LogP contribution is -2.17. The maximum Gasteiger partial charge on any atom is 0.226 e. The van der Waals surface area contributed by atoms with Crippen molar-refractivity contribution in [2.45, 2.75) is 6.42 Å². The molecule has 126 valence electrons. The molecule has 4 N–H and O–H groups in total. The summed E-state index contributed by atoms with van der Waals surface area (Å²) in [6, 6.07) is 7.66. The Morgan fingerprint density at radius 3 is 3.04 bits per heavy atom. The number of H-pyrrole nitrogens is 2. The van der Waals surface area contributed by atoms with E-state index in [1.165, 1.54) is 6.33 Å². The number of nitrogens with zero attached hydrogens (tertiary/aromatic N) is 3. The molecule has 0 fully saturated rings. The van der Waals surface area contributed by atoms with E-state index in [4.69, 9.17) is 11.6 Å². The number of fused-ring (bicyclic) bond motifs is 2. The van der Waals surface area contributed by atoms with Crippen molar-refractivity contribution < 1.29 is 4.79 Å².